The van der Waals surface area contributed by atoms with E-state index in [1.54, 1.807) is 30.4 Å². The number of ether oxygens (including phenoxy) is 1. The summed E-state index contributed by atoms with van der Waals surface area (Å²) >= 11 is 5.94. The molecule has 20 heavy (non-hydrogen) atoms. The molecule has 108 valence electrons. The molecule has 0 bridgehead atoms. The van der Waals surface area contributed by atoms with E-state index in [9.17, 15) is 0 Å². The highest BCUT2D eigenvalue weighted by molar-refractivity contribution is 6.28. The molecule has 0 spiro atoms. The summed E-state index contributed by atoms with van der Waals surface area (Å²) < 4.78 is 6.85. The first-order valence-electron chi connectivity index (χ1n) is 6.25. The van der Waals surface area contributed by atoms with Gasteiger partial charge >= 0.3 is 0 Å². The van der Waals surface area contributed by atoms with Crippen molar-refractivity contribution in [3.63, 3.8) is 0 Å². The minimum Gasteiger partial charge on any atom is -0.383 e. The van der Waals surface area contributed by atoms with Crippen molar-refractivity contribution in [2.45, 2.75) is 19.9 Å². The van der Waals surface area contributed by atoms with Gasteiger partial charge < -0.3 is 10.1 Å². The first-order chi connectivity index (χ1) is 9.60. The predicted octanol–water partition coefficient (Wildman–Crippen LogP) is 1.79. The number of aromatic nitrogens is 5. The molecule has 0 aromatic carbocycles. The van der Waals surface area contributed by atoms with Crippen LogP contribution in [0.1, 0.15) is 13.8 Å². The van der Waals surface area contributed by atoms with Crippen LogP contribution in [0.3, 0.4) is 0 Å². The number of nitrogens with one attached hydrogen (secondary N) is 1. The van der Waals surface area contributed by atoms with Crippen LogP contribution in [0.4, 0.5) is 5.95 Å². The topological polar surface area (TPSA) is 77.8 Å². The van der Waals surface area contributed by atoms with Crippen molar-refractivity contribution in [2.24, 2.45) is 5.92 Å². The highest BCUT2D eigenvalue weighted by atomic mass is 35.5. The lowest BCUT2D eigenvalue weighted by Crippen LogP contribution is -2.31. The van der Waals surface area contributed by atoms with E-state index < -0.39 is 0 Å². The van der Waals surface area contributed by atoms with Crippen molar-refractivity contribution in [3.05, 3.63) is 24.0 Å². The molecule has 1 atom stereocenters. The van der Waals surface area contributed by atoms with Gasteiger partial charge in [0, 0.05) is 19.5 Å². The van der Waals surface area contributed by atoms with Crippen molar-refractivity contribution >= 4 is 17.5 Å². The van der Waals surface area contributed by atoms with E-state index in [1.165, 1.54) is 0 Å². The minimum absolute atomic E-state index is 0.0918. The van der Waals surface area contributed by atoms with Crippen LogP contribution in [0.15, 0.2) is 18.7 Å². The fourth-order valence-corrected chi connectivity index (χ4v) is 1.80. The molecule has 0 saturated heterocycles. The number of halogens is 1. The first-order valence-corrected chi connectivity index (χ1v) is 6.63. The highest BCUT2D eigenvalue weighted by Gasteiger charge is 2.15. The number of hydrogen-bond donors (Lipinski definition) is 1. The zero-order valence-electron chi connectivity index (χ0n) is 11.6. The van der Waals surface area contributed by atoms with Crippen molar-refractivity contribution < 1.29 is 4.74 Å². The summed E-state index contributed by atoms with van der Waals surface area (Å²) in [6.45, 7) is 4.74. The number of imidazole rings is 1. The van der Waals surface area contributed by atoms with Gasteiger partial charge in [0.25, 0.3) is 0 Å². The standard InChI is InChI=1S/C12H17ClN6O/c1-8(2)9(6-20-3)15-11-16-10(13)17-12(18-11)19-5-4-14-7-19/h4-5,7-9H,6H2,1-3H3,(H,15,16,17,18). The van der Waals surface area contributed by atoms with Gasteiger partial charge in [-0.3, -0.25) is 4.57 Å². The van der Waals surface area contributed by atoms with Gasteiger partial charge in [-0.1, -0.05) is 13.8 Å². The molecule has 0 fully saturated rings. The Morgan fingerprint density at radius 2 is 2.15 bits per heavy atom. The molecule has 0 aliphatic rings. The molecule has 2 rings (SSSR count). The van der Waals surface area contributed by atoms with Gasteiger partial charge in [0.2, 0.25) is 17.2 Å². The molecule has 0 amide bonds. The summed E-state index contributed by atoms with van der Waals surface area (Å²) in [5.41, 5.74) is 0. The van der Waals surface area contributed by atoms with Crippen LogP contribution in [0.5, 0.6) is 0 Å². The maximum Gasteiger partial charge on any atom is 0.241 e. The third kappa shape index (κ3) is 3.64. The molecule has 7 nitrogen and oxygen atoms in total. The lowest BCUT2D eigenvalue weighted by atomic mass is 10.1. The molecule has 2 aromatic rings. The lowest BCUT2D eigenvalue weighted by Gasteiger charge is -2.21. The number of methoxy groups -OCH3 is 1. The first kappa shape index (κ1) is 14.7. The number of nitrogens with zero attached hydrogens (tertiary/aromatic N) is 5. The molecule has 2 aromatic heterocycles. The Kier molecular flexibility index (Phi) is 4.86. The Labute approximate surface area is 122 Å². The smallest absolute Gasteiger partial charge is 0.241 e. The van der Waals surface area contributed by atoms with E-state index in [-0.39, 0.29) is 11.3 Å². The van der Waals surface area contributed by atoms with E-state index >= 15 is 0 Å². The van der Waals surface area contributed by atoms with Crippen LogP contribution in [-0.2, 0) is 4.74 Å². The monoisotopic (exact) mass is 296 g/mol. The third-order valence-electron chi connectivity index (χ3n) is 2.80. The summed E-state index contributed by atoms with van der Waals surface area (Å²) in [6.07, 6.45) is 4.99. The zero-order valence-corrected chi connectivity index (χ0v) is 12.4. The molecule has 0 radical (unpaired) electrons. The largest absolute Gasteiger partial charge is 0.383 e. The summed E-state index contributed by atoms with van der Waals surface area (Å²) in [5.74, 6) is 1.21. The molecule has 2 heterocycles. The molecular weight excluding hydrogens is 280 g/mol. The van der Waals surface area contributed by atoms with Crippen LogP contribution in [0.25, 0.3) is 5.95 Å². The van der Waals surface area contributed by atoms with Gasteiger partial charge in [0.05, 0.1) is 12.6 Å². The average Bonchev–Trinajstić information content (AvgIpc) is 2.91. The predicted molar refractivity (Wildman–Crippen MR) is 76.1 cm³/mol. The fraction of sp³-hybridized carbons (Fsp3) is 0.500. The number of rotatable bonds is 6. The summed E-state index contributed by atoms with van der Waals surface area (Å²) in [6, 6.07) is 0.0918. The highest BCUT2D eigenvalue weighted by Crippen LogP contribution is 2.13. The average molecular weight is 297 g/mol. The Balaban J connectivity index is 2.23. The summed E-state index contributed by atoms with van der Waals surface area (Å²) in [5, 5.41) is 3.35. The summed E-state index contributed by atoms with van der Waals surface area (Å²) in [4.78, 5) is 16.4. The van der Waals surface area contributed by atoms with E-state index in [0.717, 1.165) is 0 Å². The molecule has 8 heteroatoms. The van der Waals surface area contributed by atoms with Gasteiger partial charge in [-0.15, -0.1) is 0 Å². The Morgan fingerprint density at radius 3 is 2.75 bits per heavy atom. The molecule has 0 aliphatic carbocycles. The Morgan fingerprint density at radius 1 is 1.35 bits per heavy atom. The van der Waals surface area contributed by atoms with E-state index in [4.69, 9.17) is 16.3 Å². The van der Waals surface area contributed by atoms with Crippen molar-refractivity contribution in [2.75, 3.05) is 19.0 Å². The molecule has 1 N–H and O–H groups in total. The normalized spacial score (nSPS) is 12.7. The number of hydrogen-bond acceptors (Lipinski definition) is 6. The van der Waals surface area contributed by atoms with Crippen molar-refractivity contribution in [1.29, 1.82) is 0 Å². The third-order valence-corrected chi connectivity index (χ3v) is 2.97. The van der Waals surface area contributed by atoms with Gasteiger partial charge in [0.1, 0.15) is 6.33 Å². The summed E-state index contributed by atoms with van der Waals surface area (Å²) in [7, 11) is 1.66. The lowest BCUT2D eigenvalue weighted by molar-refractivity contribution is 0.171. The van der Waals surface area contributed by atoms with E-state index in [0.29, 0.717) is 24.4 Å². The van der Waals surface area contributed by atoms with Crippen LogP contribution >= 0.6 is 11.6 Å². The SMILES string of the molecule is COCC(Nc1nc(Cl)nc(-n2ccnc2)n1)C(C)C. The van der Waals surface area contributed by atoms with Crippen molar-refractivity contribution in [3.8, 4) is 5.95 Å². The van der Waals surface area contributed by atoms with Crippen LogP contribution in [0, 0.1) is 5.92 Å². The molecular formula is C12H17ClN6O. The van der Waals surface area contributed by atoms with E-state index in [1.807, 2.05) is 0 Å². The van der Waals surface area contributed by atoms with Crippen LogP contribution < -0.4 is 5.32 Å². The fourth-order valence-electron chi connectivity index (χ4n) is 1.64. The minimum atomic E-state index is 0.0918. The van der Waals surface area contributed by atoms with Gasteiger partial charge in [-0.25, -0.2) is 4.98 Å². The quantitative estimate of drug-likeness (QED) is 0.876. The van der Waals surface area contributed by atoms with Gasteiger partial charge in [-0.05, 0) is 17.5 Å². The van der Waals surface area contributed by atoms with Gasteiger partial charge in [-0.2, -0.15) is 15.0 Å². The van der Waals surface area contributed by atoms with Crippen LogP contribution in [0.2, 0.25) is 5.28 Å². The second kappa shape index (κ2) is 6.62. The van der Waals surface area contributed by atoms with Gasteiger partial charge in [0.15, 0.2) is 0 Å². The second-order valence-electron chi connectivity index (χ2n) is 4.65. The van der Waals surface area contributed by atoms with Crippen LogP contribution in [-0.4, -0.2) is 44.3 Å². The zero-order chi connectivity index (χ0) is 14.5. The Hall–Kier alpha value is -1.73. The molecule has 1 unspecified atom stereocenters. The maximum absolute atomic E-state index is 5.94. The maximum atomic E-state index is 5.94. The van der Waals surface area contributed by atoms with Crippen molar-refractivity contribution in [1.82, 2.24) is 24.5 Å². The van der Waals surface area contributed by atoms with E-state index in [2.05, 4.69) is 39.1 Å². The molecule has 0 aliphatic heterocycles. The molecule has 0 saturated carbocycles. The number of anilines is 1. The Bertz CT molecular complexity index is 545. The second-order valence-corrected chi connectivity index (χ2v) is 4.99.